The second-order valence-corrected chi connectivity index (χ2v) is 8.43. The Kier molecular flexibility index (Phi) is 5.40. The van der Waals surface area contributed by atoms with Crippen molar-refractivity contribution in [2.75, 3.05) is 7.05 Å². The van der Waals surface area contributed by atoms with E-state index in [4.69, 9.17) is 5.26 Å². The number of rotatable bonds is 4. The molecule has 0 radical (unpaired) electrons. The molecule has 0 N–H and O–H groups in total. The Morgan fingerprint density at radius 1 is 1.14 bits per heavy atom. The molecule has 0 heterocycles. The SMILES string of the molecule is CN(Cc1ccc(C#N)cc1)S(=O)(=O)c1cc(Br)ccc1Br. The van der Waals surface area contributed by atoms with Gasteiger partial charge in [-0.05, 0) is 51.8 Å². The molecule has 0 aliphatic carbocycles. The fourth-order valence-corrected chi connectivity index (χ4v) is 4.49. The third-order valence-electron chi connectivity index (χ3n) is 3.07. The van der Waals surface area contributed by atoms with E-state index in [1.165, 1.54) is 11.4 Å². The van der Waals surface area contributed by atoms with Gasteiger partial charge >= 0.3 is 0 Å². The van der Waals surface area contributed by atoms with Crippen molar-refractivity contribution in [1.29, 1.82) is 5.26 Å². The van der Waals surface area contributed by atoms with Crippen LogP contribution in [0.2, 0.25) is 0 Å². The molecule has 0 fully saturated rings. The maximum Gasteiger partial charge on any atom is 0.244 e. The number of benzene rings is 2. The molecule has 22 heavy (non-hydrogen) atoms. The van der Waals surface area contributed by atoms with E-state index < -0.39 is 10.0 Å². The topological polar surface area (TPSA) is 61.2 Å². The summed E-state index contributed by atoms with van der Waals surface area (Å²) in [6.45, 7) is 0.229. The molecule has 0 amide bonds. The summed E-state index contributed by atoms with van der Waals surface area (Å²) in [6, 6.07) is 13.9. The van der Waals surface area contributed by atoms with Gasteiger partial charge in [0.2, 0.25) is 10.0 Å². The molecule has 0 saturated heterocycles. The highest BCUT2D eigenvalue weighted by Gasteiger charge is 2.23. The van der Waals surface area contributed by atoms with Crippen molar-refractivity contribution < 1.29 is 8.42 Å². The second kappa shape index (κ2) is 6.92. The zero-order chi connectivity index (χ0) is 16.3. The normalized spacial score (nSPS) is 11.4. The molecule has 0 bridgehead atoms. The van der Waals surface area contributed by atoms with E-state index in [-0.39, 0.29) is 11.4 Å². The van der Waals surface area contributed by atoms with Crippen LogP contribution in [-0.2, 0) is 16.6 Å². The van der Waals surface area contributed by atoms with Crippen molar-refractivity contribution in [2.45, 2.75) is 11.4 Å². The summed E-state index contributed by atoms with van der Waals surface area (Å²) < 4.78 is 27.8. The van der Waals surface area contributed by atoms with E-state index in [1.807, 2.05) is 6.07 Å². The van der Waals surface area contributed by atoms with Crippen molar-refractivity contribution in [1.82, 2.24) is 4.31 Å². The molecule has 2 aromatic carbocycles. The molecule has 0 aliphatic rings. The molecule has 2 rings (SSSR count). The van der Waals surface area contributed by atoms with E-state index in [0.29, 0.717) is 14.5 Å². The maximum absolute atomic E-state index is 12.7. The van der Waals surface area contributed by atoms with Gasteiger partial charge in [-0.25, -0.2) is 8.42 Å². The lowest BCUT2D eigenvalue weighted by Crippen LogP contribution is -2.26. The van der Waals surface area contributed by atoms with Gasteiger partial charge in [0.15, 0.2) is 0 Å². The summed E-state index contributed by atoms with van der Waals surface area (Å²) in [7, 11) is -2.09. The molecule has 114 valence electrons. The van der Waals surface area contributed by atoms with Gasteiger partial charge in [0, 0.05) is 22.5 Å². The van der Waals surface area contributed by atoms with Gasteiger partial charge in [0.1, 0.15) is 0 Å². The first kappa shape index (κ1) is 17.2. The van der Waals surface area contributed by atoms with Crippen molar-refractivity contribution in [3.05, 3.63) is 62.5 Å². The van der Waals surface area contributed by atoms with Crippen LogP contribution in [0.4, 0.5) is 0 Å². The number of hydrogen-bond donors (Lipinski definition) is 0. The standard InChI is InChI=1S/C15H12Br2N2O2S/c1-19(10-12-4-2-11(9-18)3-5-12)22(20,21)15-8-13(16)6-7-14(15)17/h2-8H,10H2,1H3. The Labute approximate surface area is 146 Å². The molecule has 0 aromatic heterocycles. The molecule has 7 heteroatoms. The van der Waals surface area contributed by atoms with Crippen LogP contribution in [0.25, 0.3) is 0 Å². The zero-order valence-electron chi connectivity index (χ0n) is 11.6. The number of sulfonamides is 1. The summed E-state index contributed by atoms with van der Waals surface area (Å²) in [5.74, 6) is 0. The summed E-state index contributed by atoms with van der Waals surface area (Å²) in [5, 5.41) is 8.78. The van der Waals surface area contributed by atoms with Crippen LogP contribution in [0.1, 0.15) is 11.1 Å². The quantitative estimate of drug-likeness (QED) is 0.719. The number of nitriles is 1. The monoisotopic (exact) mass is 442 g/mol. The first-order valence-corrected chi connectivity index (χ1v) is 9.27. The minimum absolute atomic E-state index is 0.207. The Hall–Kier alpha value is -1.20. The lowest BCUT2D eigenvalue weighted by atomic mass is 10.1. The van der Waals surface area contributed by atoms with Gasteiger partial charge < -0.3 is 0 Å². The third-order valence-corrected chi connectivity index (χ3v) is 6.36. The summed E-state index contributed by atoms with van der Waals surface area (Å²) in [6.07, 6.45) is 0. The fourth-order valence-electron chi connectivity index (χ4n) is 1.87. The lowest BCUT2D eigenvalue weighted by molar-refractivity contribution is 0.466. The van der Waals surface area contributed by atoms with E-state index in [1.54, 1.807) is 42.5 Å². The Morgan fingerprint density at radius 2 is 1.77 bits per heavy atom. The molecule has 0 spiro atoms. The van der Waals surface area contributed by atoms with Gasteiger partial charge in [-0.3, -0.25) is 0 Å². The molecule has 0 aliphatic heterocycles. The zero-order valence-corrected chi connectivity index (χ0v) is 15.6. The largest absolute Gasteiger partial charge is 0.244 e. The van der Waals surface area contributed by atoms with Crippen molar-refractivity contribution in [2.24, 2.45) is 0 Å². The molecule has 2 aromatic rings. The first-order valence-electron chi connectivity index (χ1n) is 6.25. The summed E-state index contributed by atoms with van der Waals surface area (Å²) in [4.78, 5) is 0.207. The average molecular weight is 444 g/mol. The second-order valence-electron chi connectivity index (χ2n) is 4.64. The number of nitrogens with zero attached hydrogens (tertiary/aromatic N) is 2. The number of hydrogen-bond acceptors (Lipinski definition) is 3. The van der Waals surface area contributed by atoms with Crippen molar-refractivity contribution in [3.63, 3.8) is 0 Å². The van der Waals surface area contributed by atoms with Crippen molar-refractivity contribution in [3.8, 4) is 6.07 Å². The van der Waals surface area contributed by atoms with Gasteiger partial charge in [0.25, 0.3) is 0 Å². The van der Waals surface area contributed by atoms with Gasteiger partial charge in [-0.15, -0.1) is 0 Å². The van der Waals surface area contributed by atoms with Crippen LogP contribution in [0.5, 0.6) is 0 Å². The van der Waals surface area contributed by atoms with Crippen LogP contribution in [-0.4, -0.2) is 19.8 Å². The van der Waals surface area contributed by atoms with Gasteiger partial charge in [-0.2, -0.15) is 9.57 Å². The first-order chi connectivity index (χ1) is 10.3. The predicted molar refractivity (Wildman–Crippen MR) is 91.7 cm³/mol. The van der Waals surface area contributed by atoms with E-state index in [9.17, 15) is 8.42 Å². The van der Waals surface area contributed by atoms with Crippen LogP contribution >= 0.6 is 31.9 Å². The average Bonchev–Trinajstić information content (AvgIpc) is 2.50. The van der Waals surface area contributed by atoms with E-state index in [2.05, 4.69) is 31.9 Å². The highest BCUT2D eigenvalue weighted by molar-refractivity contribution is 9.11. The highest BCUT2D eigenvalue weighted by Crippen LogP contribution is 2.28. The maximum atomic E-state index is 12.7. The van der Waals surface area contributed by atoms with Crippen LogP contribution < -0.4 is 0 Å². The van der Waals surface area contributed by atoms with Gasteiger partial charge in [-0.1, -0.05) is 28.1 Å². The van der Waals surface area contributed by atoms with Crippen molar-refractivity contribution >= 4 is 41.9 Å². The minimum Gasteiger partial charge on any atom is -0.207 e. The van der Waals surface area contributed by atoms with Gasteiger partial charge in [0.05, 0.1) is 16.5 Å². The molecular weight excluding hydrogens is 432 g/mol. The molecule has 0 unspecified atom stereocenters. The van der Waals surface area contributed by atoms with E-state index in [0.717, 1.165) is 5.56 Å². The number of halogens is 2. The lowest BCUT2D eigenvalue weighted by Gasteiger charge is -2.18. The third kappa shape index (κ3) is 3.76. The predicted octanol–water partition coefficient (Wildman–Crippen LogP) is 3.90. The Bertz CT molecular complexity index is 828. The van der Waals surface area contributed by atoms with E-state index >= 15 is 0 Å². The highest BCUT2D eigenvalue weighted by atomic mass is 79.9. The smallest absolute Gasteiger partial charge is 0.207 e. The Morgan fingerprint density at radius 3 is 2.36 bits per heavy atom. The summed E-state index contributed by atoms with van der Waals surface area (Å²) >= 11 is 6.56. The minimum atomic E-state index is -3.61. The van der Waals surface area contributed by atoms with Crippen LogP contribution in [0.3, 0.4) is 0 Å². The molecule has 4 nitrogen and oxygen atoms in total. The molecule has 0 saturated carbocycles. The molecular formula is C15H12Br2N2O2S. The van der Waals surface area contributed by atoms with Crippen LogP contribution in [0, 0.1) is 11.3 Å². The molecule has 0 atom stereocenters. The summed E-state index contributed by atoms with van der Waals surface area (Å²) in [5.41, 5.74) is 1.36. The Balaban J connectivity index is 2.28. The van der Waals surface area contributed by atoms with Crippen LogP contribution in [0.15, 0.2) is 56.3 Å². The fraction of sp³-hybridized carbons (Fsp3) is 0.133.